The molecule has 0 aliphatic heterocycles. The van der Waals surface area contributed by atoms with E-state index in [2.05, 4.69) is 10.6 Å². The number of carbonyl (C=O) groups is 3. The van der Waals surface area contributed by atoms with Crippen molar-refractivity contribution in [3.63, 3.8) is 0 Å². The molecule has 28 heavy (non-hydrogen) atoms. The number of rotatable bonds is 8. The Kier molecular flexibility index (Phi) is 7.83. The highest BCUT2D eigenvalue weighted by atomic mass is 35.5. The quantitative estimate of drug-likeness (QED) is 0.659. The number of nitrogens with one attached hydrogen (secondary N) is 2. The summed E-state index contributed by atoms with van der Waals surface area (Å²) < 4.78 is 10.5. The third-order valence-electron chi connectivity index (χ3n) is 3.71. The smallest absolute Gasteiger partial charge is 0.308 e. The van der Waals surface area contributed by atoms with Crippen molar-refractivity contribution in [1.82, 2.24) is 5.32 Å². The monoisotopic (exact) mass is 404 g/mol. The molecule has 2 aromatic rings. The Morgan fingerprint density at radius 3 is 2.43 bits per heavy atom. The normalized spacial score (nSPS) is 11.2. The molecule has 8 heteroatoms. The van der Waals surface area contributed by atoms with Gasteiger partial charge in [-0.15, -0.1) is 0 Å². The molecule has 1 atom stereocenters. The lowest BCUT2D eigenvalue weighted by Gasteiger charge is -2.18. The highest BCUT2D eigenvalue weighted by molar-refractivity contribution is 6.32. The molecule has 0 radical (unpaired) electrons. The fourth-order valence-corrected chi connectivity index (χ4v) is 2.64. The van der Waals surface area contributed by atoms with Gasteiger partial charge in [-0.05, 0) is 18.2 Å². The molecule has 0 saturated heterocycles. The molecule has 0 heterocycles. The van der Waals surface area contributed by atoms with Crippen LogP contribution < -0.4 is 15.4 Å². The minimum Gasteiger partial charge on any atom is -0.495 e. The largest absolute Gasteiger partial charge is 0.495 e. The van der Waals surface area contributed by atoms with Crippen molar-refractivity contribution in [3.8, 4) is 5.75 Å². The van der Waals surface area contributed by atoms with Crippen molar-refractivity contribution in [2.75, 3.05) is 19.0 Å². The Hall–Kier alpha value is -3.06. The summed E-state index contributed by atoms with van der Waals surface area (Å²) in [6.07, 6.45) is -1.20. The van der Waals surface area contributed by atoms with E-state index in [1.807, 2.05) is 0 Å². The molecule has 2 N–H and O–H groups in total. The van der Waals surface area contributed by atoms with E-state index in [4.69, 9.17) is 21.1 Å². The predicted octanol–water partition coefficient (Wildman–Crippen LogP) is 3.10. The standard InChI is InChI=1S/C20H21ClN2O5/c1-13(24)22-11-10-18(25)28-19(14-6-4-3-5-7-14)20(26)23-15-8-9-17(27-2)16(21)12-15/h3-9,12,19H,10-11H2,1-2H3,(H,22,24)(H,23,26)/t19-/m1/s1. The number of hydrogen-bond donors (Lipinski definition) is 2. The van der Waals surface area contributed by atoms with E-state index in [0.29, 0.717) is 22.0 Å². The van der Waals surface area contributed by atoms with E-state index in [1.165, 1.54) is 14.0 Å². The molecular formula is C20H21ClN2O5. The summed E-state index contributed by atoms with van der Waals surface area (Å²) in [6, 6.07) is 13.4. The maximum absolute atomic E-state index is 12.8. The third-order valence-corrected chi connectivity index (χ3v) is 4.01. The van der Waals surface area contributed by atoms with Crippen LogP contribution in [0, 0.1) is 0 Å². The second kappa shape index (κ2) is 10.3. The summed E-state index contributed by atoms with van der Waals surface area (Å²) in [7, 11) is 1.49. The van der Waals surface area contributed by atoms with Crippen molar-refractivity contribution >= 4 is 35.1 Å². The minimum atomic E-state index is -1.15. The van der Waals surface area contributed by atoms with Gasteiger partial charge in [-0.25, -0.2) is 0 Å². The van der Waals surface area contributed by atoms with Crippen LogP contribution in [0.5, 0.6) is 5.75 Å². The third kappa shape index (κ3) is 6.28. The van der Waals surface area contributed by atoms with Gasteiger partial charge in [0.05, 0.1) is 18.6 Å². The molecule has 0 aromatic heterocycles. The summed E-state index contributed by atoms with van der Waals surface area (Å²) in [6.45, 7) is 1.48. The first-order valence-corrected chi connectivity index (χ1v) is 8.91. The minimum absolute atomic E-state index is 0.0510. The molecule has 2 amide bonds. The fraction of sp³-hybridized carbons (Fsp3) is 0.250. The average molecular weight is 405 g/mol. The van der Waals surface area contributed by atoms with Gasteiger partial charge in [-0.3, -0.25) is 14.4 Å². The number of halogens is 1. The summed E-state index contributed by atoms with van der Waals surface area (Å²) in [5.74, 6) is -0.906. The van der Waals surface area contributed by atoms with Crippen LogP contribution in [-0.2, 0) is 19.1 Å². The van der Waals surface area contributed by atoms with Crippen LogP contribution in [0.25, 0.3) is 0 Å². The van der Waals surface area contributed by atoms with E-state index in [9.17, 15) is 14.4 Å². The van der Waals surface area contributed by atoms with Gasteiger partial charge in [0.2, 0.25) is 12.0 Å². The van der Waals surface area contributed by atoms with Gasteiger partial charge in [0.1, 0.15) is 5.75 Å². The summed E-state index contributed by atoms with van der Waals surface area (Å²) in [5, 5.41) is 5.53. The first kappa shape index (κ1) is 21.2. The van der Waals surface area contributed by atoms with Crippen molar-refractivity contribution in [3.05, 3.63) is 59.1 Å². The molecule has 0 unspecified atom stereocenters. The molecule has 0 aliphatic carbocycles. The molecule has 0 spiro atoms. The molecule has 7 nitrogen and oxygen atoms in total. The van der Waals surface area contributed by atoms with Gasteiger partial charge in [-0.2, -0.15) is 0 Å². The Morgan fingerprint density at radius 2 is 1.82 bits per heavy atom. The van der Waals surface area contributed by atoms with Crippen LogP contribution in [0.2, 0.25) is 5.02 Å². The first-order valence-electron chi connectivity index (χ1n) is 8.54. The molecule has 0 saturated carbocycles. The number of carbonyl (C=O) groups excluding carboxylic acids is 3. The number of methoxy groups -OCH3 is 1. The van der Waals surface area contributed by atoms with E-state index in [1.54, 1.807) is 48.5 Å². The average Bonchev–Trinajstić information content (AvgIpc) is 2.66. The van der Waals surface area contributed by atoms with Crippen LogP contribution in [0.15, 0.2) is 48.5 Å². The second-order valence-electron chi connectivity index (χ2n) is 5.85. The van der Waals surface area contributed by atoms with Gasteiger partial charge in [-0.1, -0.05) is 41.9 Å². The molecule has 148 valence electrons. The Bertz CT molecular complexity index is 842. The van der Waals surface area contributed by atoms with Crippen LogP contribution in [0.4, 0.5) is 5.69 Å². The van der Waals surface area contributed by atoms with Crippen LogP contribution in [0.1, 0.15) is 25.0 Å². The maximum Gasteiger partial charge on any atom is 0.308 e. The number of hydrogen-bond acceptors (Lipinski definition) is 5. The number of esters is 1. The lowest BCUT2D eigenvalue weighted by Crippen LogP contribution is -2.28. The van der Waals surface area contributed by atoms with Crippen molar-refractivity contribution in [2.24, 2.45) is 0 Å². The Balaban J connectivity index is 2.12. The lowest BCUT2D eigenvalue weighted by atomic mass is 10.1. The number of benzene rings is 2. The van der Waals surface area contributed by atoms with Gasteiger partial charge >= 0.3 is 5.97 Å². The molecule has 0 fully saturated rings. The molecule has 0 aliphatic rings. The highest BCUT2D eigenvalue weighted by Gasteiger charge is 2.25. The zero-order chi connectivity index (χ0) is 20.5. The van der Waals surface area contributed by atoms with Gasteiger partial charge in [0.15, 0.2) is 0 Å². The van der Waals surface area contributed by atoms with Gasteiger partial charge in [0, 0.05) is 24.7 Å². The van der Waals surface area contributed by atoms with Gasteiger partial charge < -0.3 is 20.1 Å². The van der Waals surface area contributed by atoms with Crippen LogP contribution in [0.3, 0.4) is 0 Å². The van der Waals surface area contributed by atoms with E-state index in [-0.39, 0.29) is 18.9 Å². The number of anilines is 1. The summed E-state index contributed by atoms with van der Waals surface area (Å²) in [5.41, 5.74) is 0.957. The molecular weight excluding hydrogens is 384 g/mol. The predicted molar refractivity (Wildman–Crippen MR) is 105 cm³/mol. The lowest BCUT2D eigenvalue weighted by molar-refractivity contribution is -0.154. The fourth-order valence-electron chi connectivity index (χ4n) is 2.38. The Morgan fingerprint density at radius 1 is 1.11 bits per heavy atom. The van der Waals surface area contributed by atoms with E-state index in [0.717, 1.165) is 0 Å². The SMILES string of the molecule is COc1ccc(NC(=O)[C@H](OC(=O)CCNC(C)=O)c2ccccc2)cc1Cl. The Labute approximate surface area is 168 Å². The van der Waals surface area contributed by atoms with E-state index < -0.39 is 18.0 Å². The van der Waals surface area contributed by atoms with Crippen molar-refractivity contribution in [2.45, 2.75) is 19.4 Å². The number of ether oxygens (including phenoxy) is 2. The zero-order valence-corrected chi connectivity index (χ0v) is 16.3. The van der Waals surface area contributed by atoms with Crippen LogP contribution in [-0.4, -0.2) is 31.4 Å². The molecule has 0 bridgehead atoms. The topological polar surface area (TPSA) is 93.7 Å². The maximum atomic E-state index is 12.8. The highest BCUT2D eigenvalue weighted by Crippen LogP contribution is 2.28. The molecule has 2 rings (SSSR count). The summed E-state index contributed by atoms with van der Waals surface area (Å²) >= 11 is 6.08. The first-order chi connectivity index (χ1) is 13.4. The summed E-state index contributed by atoms with van der Waals surface area (Å²) in [4.78, 5) is 35.8. The number of amides is 2. The van der Waals surface area contributed by atoms with Crippen LogP contribution >= 0.6 is 11.6 Å². The zero-order valence-electron chi connectivity index (χ0n) is 15.5. The molecule has 2 aromatic carbocycles. The van der Waals surface area contributed by atoms with E-state index >= 15 is 0 Å². The van der Waals surface area contributed by atoms with Crippen molar-refractivity contribution < 1.29 is 23.9 Å². The second-order valence-corrected chi connectivity index (χ2v) is 6.26. The van der Waals surface area contributed by atoms with Gasteiger partial charge in [0.25, 0.3) is 5.91 Å². The van der Waals surface area contributed by atoms with Crippen molar-refractivity contribution in [1.29, 1.82) is 0 Å².